The topological polar surface area (TPSA) is 61.7 Å². The minimum Gasteiger partial charge on any atom is -0.396 e. The van der Waals surface area contributed by atoms with E-state index >= 15 is 0 Å². The van der Waals surface area contributed by atoms with E-state index in [2.05, 4.69) is 5.32 Å². The Labute approximate surface area is 78.9 Å². The van der Waals surface area contributed by atoms with Gasteiger partial charge in [-0.1, -0.05) is 6.92 Å². The molecule has 1 heterocycles. The molecule has 2 unspecified atom stereocenters. The van der Waals surface area contributed by atoms with Crippen LogP contribution in [0.1, 0.15) is 13.3 Å². The molecule has 0 saturated carbocycles. The van der Waals surface area contributed by atoms with Crippen LogP contribution in [-0.2, 0) is 4.74 Å². The van der Waals surface area contributed by atoms with Gasteiger partial charge in [0.25, 0.3) is 0 Å². The molecule has 4 heteroatoms. The summed E-state index contributed by atoms with van der Waals surface area (Å²) in [5, 5.41) is 21.7. The molecule has 0 aliphatic carbocycles. The Morgan fingerprint density at radius 1 is 1.62 bits per heavy atom. The molecular formula is C9H19NO3. The quantitative estimate of drug-likeness (QED) is 0.538. The highest BCUT2D eigenvalue weighted by Crippen LogP contribution is 2.16. The number of rotatable bonds is 5. The van der Waals surface area contributed by atoms with E-state index in [9.17, 15) is 5.11 Å². The zero-order valence-corrected chi connectivity index (χ0v) is 8.12. The maximum atomic E-state index is 9.83. The van der Waals surface area contributed by atoms with E-state index in [4.69, 9.17) is 9.84 Å². The molecule has 0 aromatic rings. The van der Waals surface area contributed by atoms with Crippen molar-refractivity contribution in [3.05, 3.63) is 0 Å². The third-order valence-electron chi connectivity index (χ3n) is 2.34. The number of nitrogens with one attached hydrogen (secondary N) is 1. The molecule has 4 nitrogen and oxygen atoms in total. The predicted octanol–water partition coefficient (Wildman–Crippen LogP) is -0.644. The summed E-state index contributed by atoms with van der Waals surface area (Å²) in [6, 6.07) is 0. The minimum absolute atomic E-state index is 0.182. The fourth-order valence-corrected chi connectivity index (χ4v) is 1.35. The summed E-state index contributed by atoms with van der Waals surface area (Å²) in [6.07, 6.45) is 0.702. The second kappa shape index (κ2) is 4.91. The predicted molar refractivity (Wildman–Crippen MR) is 49.5 cm³/mol. The van der Waals surface area contributed by atoms with Crippen molar-refractivity contribution in [3.8, 4) is 0 Å². The van der Waals surface area contributed by atoms with Gasteiger partial charge in [-0.3, -0.25) is 0 Å². The number of ether oxygens (including phenoxy) is 1. The molecule has 1 aliphatic heterocycles. The average molecular weight is 189 g/mol. The summed E-state index contributed by atoms with van der Waals surface area (Å²) in [4.78, 5) is 0. The summed E-state index contributed by atoms with van der Waals surface area (Å²) in [5.41, 5.74) is -0.685. The molecule has 0 spiro atoms. The first-order valence-electron chi connectivity index (χ1n) is 4.78. The van der Waals surface area contributed by atoms with Gasteiger partial charge in [0.2, 0.25) is 0 Å². The summed E-state index contributed by atoms with van der Waals surface area (Å²) in [7, 11) is 0. The lowest BCUT2D eigenvalue weighted by Crippen LogP contribution is -2.42. The number of hydrogen-bond donors (Lipinski definition) is 3. The molecule has 2 atom stereocenters. The summed E-state index contributed by atoms with van der Waals surface area (Å²) in [6.45, 7) is 4.50. The van der Waals surface area contributed by atoms with Gasteiger partial charge < -0.3 is 20.3 Å². The first-order chi connectivity index (χ1) is 6.16. The molecule has 1 saturated heterocycles. The molecule has 1 fully saturated rings. The lowest BCUT2D eigenvalue weighted by molar-refractivity contribution is 0.0260. The van der Waals surface area contributed by atoms with Crippen LogP contribution in [0.4, 0.5) is 0 Å². The van der Waals surface area contributed by atoms with Crippen molar-refractivity contribution >= 4 is 0 Å². The van der Waals surface area contributed by atoms with Crippen LogP contribution < -0.4 is 5.32 Å². The van der Waals surface area contributed by atoms with E-state index in [1.54, 1.807) is 0 Å². The molecule has 0 aromatic heterocycles. The van der Waals surface area contributed by atoms with Crippen molar-refractivity contribution in [2.24, 2.45) is 5.92 Å². The Bertz CT molecular complexity index is 146. The minimum atomic E-state index is -0.685. The van der Waals surface area contributed by atoms with Crippen LogP contribution in [0.25, 0.3) is 0 Å². The molecule has 3 N–H and O–H groups in total. The Balaban J connectivity index is 2.11. The Morgan fingerprint density at radius 3 is 2.92 bits per heavy atom. The fourth-order valence-electron chi connectivity index (χ4n) is 1.35. The van der Waals surface area contributed by atoms with Crippen LogP contribution in [0.3, 0.4) is 0 Å². The molecule has 1 aliphatic rings. The summed E-state index contributed by atoms with van der Waals surface area (Å²) in [5.74, 6) is 0.242. The highest BCUT2D eigenvalue weighted by Gasteiger charge is 2.31. The second-order valence-electron chi connectivity index (χ2n) is 3.95. The Kier molecular flexibility index (Phi) is 4.12. The Morgan fingerprint density at radius 2 is 2.38 bits per heavy atom. The van der Waals surface area contributed by atoms with Gasteiger partial charge >= 0.3 is 0 Å². The van der Waals surface area contributed by atoms with Gasteiger partial charge in [-0.25, -0.2) is 0 Å². The molecular weight excluding hydrogens is 170 g/mol. The molecule has 0 radical (unpaired) electrons. The third-order valence-corrected chi connectivity index (χ3v) is 2.34. The number of hydrogen-bond acceptors (Lipinski definition) is 4. The molecule has 0 amide bonds. The van der Waals surface area contributed by atoms with Gasteiger partial charge in [-0.2, -0.15) is 0 Å². The second-order valence-corrected chi connectivity index (χ2v) is 3.95. The maximum absolute atomic E-state index is 9.83. The third kappa shape index (κ3) is 3.60. The van der Waals surface area contributed by atoms with Gasteiger partial charge in [0.15, 0.2) is 0 Å². The lowest BCUT2D eigenvalue weighted by atomic mass is 10.0. The van der Waals surface area contributed by atoms with E-state index in [1.807, 2.05) is 6.92 Å². The van der Waals surface area contributed by atoms with Crippen LogP contribution in [0, 0.1) is 5.92 Å². The van der Waals surface area contributed by atoms with Crippen molar-refractivity contribution in [1.29, 1.82) is 0 Å². The van der Waals surface area contributed by atoms with Crippen molar-refractivity contribution < 1.29 is 14.9 Å². The zero-order valence-electron chi connectivity index (χ0n) is 8.12. The largest absolute Gasteiger partial charge is 0.396 e. The van der Waals surface area contributed by atoms with Gasteiger partial charge in [-0.15, -0.1) is 0 Å². The van der Waals surface area contributed by atoms with Gasteiger partial charge in [-0.05, 0) is 12.5 Å². The Hall–Kier alpha value is -0.160. The van der Waals surface area contributed by atoms with Crippen LogP contribution in [0.2, 0.25) is 0 Å². The van der Waals surface area contributed by atoms with E-state index in [0.717, 1.165) is 6.54 Å². The lowest BCUT2D eigenvalue weighted by Gasteiger charge is -2.21. The molecule has 1 rings (SSSR count). The van der Waals surface area contributed by atoms with E-state index in [0.29, 0.717) is 26.2 Å². The van der Waals surface area contributed by atoms with E-state index < -0.39 is 5.60 Å². The average Bonchev–Trinajstić information content (AvgIpc) is 2.52. The van der Waals surface area contributed by atoms with Crippen molar-refractivity contribution in [3.63, 3.8) is 0 Å². The monoisotopic (exact) mass is 189 g/mol. The van der Waals surface area contributed by atoms with Crippen molar-refractivity contribution in [2.75, 3.05) is 32.9 Å². The van der Waals surface area contributed by atoms with Crippen LogP contribution in [0.5, 0.6) is 0 Å². The maximum Gasteiger partial charge on any atom is 0.102 e. The van der Waals surface area contributed by atoms with Crippen molar-refractivity contribution in [1.82, 2.24) is 5.32 Å². The fraction of sp³-hybridized carbons (Fsp3) is 1.00. The van der Waals surface area contributed by atoms with Crippen molar-refractivity contribution in [2.45, 2.75) is 18.9 Å². The smallest absolute Gasteiger partial charge is 0.102 e. The van der Waals surface area contributed by atoms with Crippen LogP contribution in [-0.4, -0.2) is 48.7 Å². The SMILES string of the molecule is CC(CO)CNCC1(O)CCOC1. The van der Waals surface area contributed by atoms with E-state index in [-0.39, 0.29) is 12.5 Å². The first-order valence-corrected chi connectivity index (χ1v) is 4.78. The molecule has 78 valence electrons. The number of aliphatic hydroxyl groups is 2. The molecule has 0 aromatic carbocycles. The zero-order chi connectivity index (χ0) is 9.73. The van der Waals surface area contributed by atoms with Gasteiger partial charge in [0.1, 0.15) is 5.60 Å². The highest BCUT2D eigenvalue weighted by atomic mass is 16.5. The number of aliphatic hydroxyl groups excluding tert-OH is 1. The molecule has 13 heavy (non-hydrogen) atoms. The van der Waals surface area contributed by atoms with E-state index in [1.165, 1.54) is 0 Å². The standard InChI is InChI=1S/C9H19NO3/c1-8(5-11)4-10-6-9(12)2-3-13-7-9/h8,10-12H,2-7H2,1H3. The van der Waals surface area contributed by atoms with Gasteiger partial charge in [0.05, 0.1) is 6.61 Å². The van der Waals surface area contributed by atoms with Gasteiger partial charge in [0, 0.05) is 26.2 Å². The van der Waals surface area contributed by atoms with Crippen LogP contribution in [0.15, 0.2) is 0 Å². The molecule has 0 bridgehead atoms. The normalized spacial score (nSPS) is 30.7. The van der Waals surface area contributed by atoms with Crippen LogP contribution >= 0.6 is 0 Å². The first kappa shape index (κ1) is 10.9. The summed E-state index contributed by atoms with van der Waals surface area (Å²) < 4.78 is 5.10. The highest BCUT2D eigenvalue weighted by molar-refractivity contribution is 4.84. The summed E-state index contributed by atoms with van der Waals surface area (Å²) >= 11 is 0.